The second-order valence-electron chi connectivity index (χ2n) is 3.25. The van der Waals surface area contributed by atoms with E-state index in [1.807, 2.05) is 0 Å². The number of halogens is 1. The first kappa shape index (κ1) is 15.0. The van der Waals surface area contributed by atoms with Gasteiger partial charge in [-0.1, -0.05) is 15.9 Å². The molecule has 0 atom stereocenters. The lowest BCUT2D eigenvalue weighted by atomic mass is 10.1. The van der Waals surface area contributed by atoms with Gasteiger partial charge in [0.25, 0.3) is 5.91 Å². The minimum absolute atomic E-state index is 0.192. The molecule has 1 aromatic rings. The second-order valence-corrected chi connectivity index (χ2v) is 4.17. The van der Waals surface area contributed by atoms with E-state index in [4.69, 9.17) is 0 Å². The van der Waals surface area contributed by atoms with Gasteiger partial charge in [0.05, 0.1) is 17.9 Å². The maximum Gasteiger partial charge on any atom is 0.426 e. The smallest absolute Gasteiger partial charge is 0.426 e. The van der Waals surface area contributed by atoms with Crippen LogP contribution < -0.4 is 16.2 Å². The molecule has 0 saturated heterocycles. The number of carbonyl (C=O) groups is 3. The summed E-state index contributed by atoms with van der Waals surface area (Å²) in [6, 6.07) is 4.70. The van der Waals surface area contributed by atoms with Gasteiger partial charge in [0, 0.05) is 4.47 Å². The summed E-state index contributed by atoms with van der Waals surface area (Å²) in [5.74, 6) is -0.579. The Balaban J connectivity index is 2.76. The molecule has 1 aromatic carbocycles. The number of hydrazine groups is 1. The molecule has 0 aromatic heterocycles. The van der Waals surface area contributed by atoms with Gasteiger partial charge < -0.3 is 10.1 Å². The molecule has 0 aliphatic rings. The number of hydrogen-bond donors (Lipinski definition) is 3. The molecule has 0 saturated carbocycles. The van der Waals surface area contributed by atoms with Crippen molar-refractivity contribution >= 4 is 40.0 Å². The summed E-state index contributed by atoms with van der Waals surface area (Å²) in [6.45, 7) is 1.83. The molecule has 7 nitrogen and oxygen atoms in total. The first-order valence-corrected chi connectivity index (χ1v) is 6.10. The van der Waals surface area contributed by atoms with Crippen LogP contribution in [0.15, 0.2) is 22.7 Å². The molecule has 0 heterocycles. The largest absolute Gasteiger partial charge is 0.449 e. The topological polar surface area (TPSA) is 96.5 Å². The second kappa shape index (κ2) is 7.37. The molecule has 0 aliphatic heterocycles. The molecule has 102 valence electrons. The molecule has 19 heavy (non-hydrogen) atoms. The number of carbonyl (C=O) groups excluding carboxylic acids is 3. The molecule has 0 spiro atoms. The monoisotopic (exact) mass is 329 g/mol. The Morgan fingerprint density at radius 2 is 2.11 bits per heavy atom. The molecule has 1 rings (SSSR count). The fourth-order valence-corrected chi connectivity index (χ4v) is 1.60. The van der Waals surface area contributed by atoms with Gasteiger partial charge in [-0.3, -0.25) is 15.0 Å². The summed E-state index contributed by atoms with van der Waals surface area (Å²) in [4.78, 5) is 33.3. The van der Waals surface area contributed by atoms with Crippen molar-refractivity contribution in [2.24, 2.45) is 0 Å². The van der Waals surface area contributed by atoms with Crippen molar-refractivity contribution in [2.75, 3.05) is 11.9 Å². The van der Waals surface area contributed by atoms with E-state index in [1.54, 1.807) is 19.1 Å². The van der Waals surface area contributed by atoms with Crippen molar-refractivity contribution in [3.05, 3.63) is 28.2 Å². The Morgan fingerprint density at radius 1 is 1.37 bits per heavy atom. The number of ether oxygens (including phenoxy) is 1. The van der Waals surface area contributed by atoms with Crippen molar-refractivity contribution in [3.8, 4) is 0 Å². The van der Waals surface area contributed by atoms with Gasteiger partial charge in [-0.25, -0.2) is 10.2 Å². The maximum atomic E-state index is 11.8. The highest BCUT2D eigenvalue weighted by Crippen LogP contribution is 2.20. The summed E-state index contributed by atoms with van der Waals surface area (Å²) < 4.78 is 5.28. The molecule has 0 aliphatic carbocycles. The molecule has 3 amide bonds. The third kappa shape index (κ3) is 4.59. The van der Waals surface area contributed by atoms with Gasteiger partial charge in [-0.05, 0) is 25.1 Å². The van der Waals surface area contributed by atoms with Crippen molar-refractivity contribution in [3.63, 3.8) is 0 Å². The highest BCUT2D eigenvalue weighted by Gasteiger charge is 2.12. The van der Waals surface area contributed by atoms with Crippen LogP contribution in [-0.2, 0) is 9.53 Å². The molecular weight excluding hydrogens is 318 g/mol. The van der Waals surface area contributed by atoms with Crippen LogP contribution in [0.25, 0.3) is 0 Å². The number of anilines is 1. The van der Waals surface area contributed by atoms with Crippen molar-refractivity contribution in [2.45, 2.75) is 6.92 Å². The summed E-state index contributed by atoms with van der Waals surface area (Å²) >= 11 is 3.22. The van der Waals surface area contributed by atoms with E-state index >= 15 is 0 Å². The number of hydrogen-bond acceptors (Lipinski definition) is 4. The molecule has 0 radical (unpaired) electrons. The maximum absolute atomic E-state index is 11.8. The lowest BCUT2D eigenvalue weighted by molar-refractivity contribution is -0.105. The van der Waals surface area contributed by atoms with Crippen LogP contribution in [0.2, 0.25) is 0 Å². The SMILES string of the molecule is CCOC(=O)NNC(=O)c1ccc(Br)cc1NC=O. The lowest BCUT2D eigenvalue weighted by Crippen LogP contribution is -2.42. The van der Waals surface area contributed by atoms with Gasteiger partial charge in [-0.15, -0.1) is 0 Å². The number of benzene rings is 1. The minimum atomic E-state index is -0.766. The molecule has 0 bridgehead atoms. The van der Waals surface area contributed by atoms with Crippen LogP contribution >= 0.6 is 15.9 Å². The van der Waals surface area contributed by atoms with Crippen LogP contribution in [0.4, 0.5) is 10.5 Å². The minimum Gasteiger partial charge on any atom is -0.449 e. The van der Waals surface area contributed by atoms with Gasteiger partial charge >= 0.3 is 6.09 Å². The highest BCUT2D eigenvalue weighted by molar-refractivity contribution is 9.10. The zero-order chi connectivity index (χ0) is 14.3. The van der Waals surface area contributed by atoms with Gasteiger partial charge in [-0.2, -0.15) is 0 Å². The Kier molecular flexibility index (Phi) is 5.80. The van der Waals surface area contributed by atoms with Gasteiger partial charge in [0.15, 0.2) is 0 Å². The van der Waals surface area contributed by atoms with Crippen LogP contribution in [0.3, 0.4) is 0 Å². The highest BCUT2D eigenvalue weighted by atomic mass is 79.9. The van der Waals surface area contributed by atoms with E-state index in [0.29, 0.717) is 16.6 Å². The van der Waals surface area contributed by atoms with E-state index in [1.165, 1.54) is 6.07 Å². The van der Waals surface area contributed by atoms with Crippen LogP contribution in [-0.4, -0.2) is 25.0 Å². The predicted octanol–water partition coefficient (Wildman–Crippen LogP) is 1.41. The Hall–Kier alpha value is -2.09. The molecular formula is C11H12BrN3O4. The fourth-order valence-electron chi connectivity index (χ4n) is 1.24. The Bertz CT molecular complexity index is 493. The summed E-state index contributed by atoms with van der Waals surface area (Å²) in [5.41, 5.74) is 4.76. The predicted molar refractivity (Wildman–Crippen MR) is 71.5 cm³/mol. The first-order valence-electron chi connectivity index (χ1n) is 5.31. The number of rotatable bonds is 4. The molecule has 3 N–H and O–H groups in total. The summed E-state index contributed by atoms with van der Waals surface area (Å²) in [7, 11) is 0. The van der Waals surface area contributed by atoms with Gasteiger partial charge in [0.1, 0.15) is 0 Å². The van der Waals surface area contributed by atoms with Crippen LogP contribution in [0, 0.1) is 0 Å². The Morgan fingerprint density at radius 3 is 2.74 bits per heavy atom. The van der Waals surface area contributed by atoms with Crippen LogP contribution in [0.5, 0.6) is 0 Å². The lowest BCUT2D eigenvalue weighted by Gasteiger charge is -2.10. The third-order valence-corrected chi connectivity index (χ3v) is 2.49. The number of amides is 3. The van der Waals surface area contributed by atoms with Crippen LogP contribution in [0.1, 0.15) is 17.3 Å². The fraction of sp³-hybridized carbons (Fsp3) is 0.182. The Labute approximate surface area is 117 Å². The molecule has 0 unspecified atom stereocenters. The standard InChI is InChI=1S/C11H12BrN3O4/c1-2-19-11(18)15-14-10(17)8-4-3-7(12)5-9(8)13-6-16/h3-6H,2H2,1H3,(H,13,16)(H,14,17)(H,15,18). The van der Waals surface area contributed by atoms with E-state index < -0.39 is 12.0 Å². The van der Waals surface area contributed by atoms with Crippen molar-refractivity contribution < 1.29 is 19.1 Å². The zero-order valence-corrected chi connectivity index (χ0v) is 11.6. The average Bonchev–Trinajstić information content (AvgIpc) is 2.37. The summed E-state index contributed by atoms with van der Waals surface area (Å²) in [6.07, 6.45) is -0.310. The van der Waals surface area contributed by atoms with Crippen molar-refractivity contribution in [1.29, 1.82) is 0 Å². The van der Waals surface area contributed by atoms with E-state index in [2.05, 4.69) is 36.8 Å². The quantitative estimate of drug-likeness (QED) is 0.574. The zero-order valence-electron chi connectivity index (χ0n) is 10.0. The number of nitrogens with one attached hydrogen (secondary N) is 3. The molecule has 8 heteroatoms. The average molecular weight is 330 g/mol. The van der Waals surface area contributed by atoms with E-state index in [9.17, 15) is 14.4 Å². The van der Waals surface area contributed by atoms with Gasteiger partial charge in [0.2, 0.25) is 6.41 Å². The van der Waals surface area contributed by atoms with Crippen molar-refractivity contribution in [1.82, 2.24) is 10.9 Å². The van der Waals surface area contributed by atoms with E-state index in [0.717, 1.165) is 0 Å². The van der Waals surface area contributed by atoms with E-state index in [-0.39, 0.29) is 12.2 Å². The third-order valence-electron chi connectivity index (χ3n) is 1.99. The summed E-state index contributed by atoms with van der Waals surface area (Å²) in [5, 5.41) is 2.40. The first-order chi connectivity index (χ1) is 9.08. The molecule has 0 fully saturated rings. The normalized spacial score (nSPS) is 9.37.